The first-order chi connectivity index (χ1) is 22.1. The van der Waals surface area contributed by atoms with Gasteiger partial charge in [0.15, 0.2) is 0 Å². The maximum Gasteiger partial charge on any atom is 0.146 e. The van der Waals surface area contributed by atoms with Gasteiger partial charge < -0.3 is 16.6 Å². The van der Waals surface area contributed by atoms with Crippen LogP contribution in [0.4, 0.5) is 0 Å². The molecule has 8 rings (SSSR count). The Balaban J connectivity index is 1.59. The molecule has 4 aromatic rings. The van der Waals surface area contributed by atoms with Crippen LogP contribution in [0.2, 0.25) is 0 Å². The number of benzene rings is 4. The number of para-hydroxylation sites is 4. The molecule has 0 amide bonds. The van der Waals surface area contributed by atoms with Crippen LogP contribution in [0.3, 0.4) is 0 Å². The average Bonchev–Trinajstić information content (AvgIpc) is 3.81. The lowest BCUT2D eigenvalue weighted by atomic mass is 9.62. The van der Waals surface area contributed by atoms with Crippen LogP contribution in [-0.2, 0) is 11.1 Å². The van der Waals surface area contributed by atoms with Crippen molar-refractivity contribution in [3.05, 3.63) is 188 Å². The van der Waals surface area contributed by atoms with Crippen LogP contribution in [0.5, 0.6) is 0 Å². The molecule has 4 aromatic carbocycles. The van der Waals surface area contributed by atoms with Gasteiger partial charge in [-0.1, -0.05) is 74.8 Å². The van der Waals surface area contributed by atoms with E-state index in [1.807, 2.05) is 18.2 Å². The number of hydrogen-bond donors (Lipinski definition) is 3. The van der Waals surface area contributed by atoms with Gasteiger partial charge in [0.25, 0.3) is 0 Å². The fourth-order valence-corrected chi connectivity index (χ4v) is 6.75. The summed E-state index contributed by atoms with van der Waals surface area (Å²) in [4.78, 5) is 36.6. The Bertz CT molecular complexity index is 2590. The molecule has 2 atom stereocenters. The molecule has 4 aliphatic heterocycles. The Morgan fingerprint density at radius 1 is 0.500 bits per heavy atom. The van der Waals surface area contributed by atoms with Crippen molar-refractivity contribution in [1.29, 1.82) is 0 Å². The number of nitrogens with zero attached hydrogens (tertiary/aromatic N) is 8. The highest BCUT2D eigenvalue weighted by molar-refractivity contribution is 5.49. The van der Waals surface area contributed by atoms with Crippen molar-refractivity contribution in [2.24, 2.45) is 51.4 Å². The molecule has 0 spiro atoms. The average molecular weight is 603 g/mol. The van der Waals surface area contributed by atoms with Gasteiger partial charge >= 0.3 is 0 Å². The molecule has 2 unspecified atom stereocenters. The van der Waals surface area contributed by atoms with Crippen molar-refractivity contribution in [3.63, 3.8) is 0 Å². The van der Waals surface area contributed by atoms with Crippen LogP contribution < -0.4 is 54.3 Å². The lowest BCUT2D eigenvalue weighted by Gasteiger charge is -2.48. The van der Waals surface area contributed by atoms with Gasteiger partial charge in [-0.2, -0.15) is 0 Å². The number of hydrogen-bond acceptors (Lipinski definition) is 11. The predicted octanol–water partition coefficient (Wildman–Crippen LogP) is -0.627. The maximum absolute atomic E-state index is 13.9. The van der Waals surface area contributed by atoms with Gasteiger partial charge in [-0.05, 0) is 24.3 Å². The lowest BCUT2D eigenvalue weighted by molar-refractivity contribution is -0.0544. The number of fused-ring (bicyclic) bond motifs is 4. The quantitative estimate of drug-likeness (QED) is 0.268. The molecule has 46 heavy (non-hydrogen) atoms. The molecule has 0 aliphatic carbocycles. The Morgan fingerprint density at radius 2 is 0.848 bits per heavy atom. The second-order valence-corrected chi connectivity index (χ2v) is 11.3. The molecule has 0 aromatic heterocycles. The fourth-order valence-electron chi connectivity index (χ4n) is 6.75. The van der Waals surface area contributed by atoms with E-state index in [2.05, 4.69) is 66.3 Å². The standard InChI is InChI=1S/C35H26N10O/c1-17-38-25-13-5-9-21(29(25)42-17)33(36)35(46,24-12-8-16-28-32(24)45-20(4)41-28)34(37,22-10-6-14-26-30(22)43-18(2)39-26)23-11-7-15-27-31(23)44-19(3)40-27/h5-16,33,46H,1-4,36-37H2. The Kier molecular flexibility index (Phi) is 5.75. The molecule has 222 valence electrons. The van der Waals surface area contributed by atoms with Crippen LogP contribution >= 0.6 is 0 Å². The molecule has 0 fully saturated rings. The Hall–Kier alpha value is -5.88. The van der Waals surface area contributed by atoms with Crippen molar-refractivity contribution < 1.29 is 5.11 Å². The Labute approximate surface area is 260 Å². The van der Waals surface area contributed by atoms with E-state index in [0.717, 1.165) is 0 Å². The van der Waals surface area contributed by atoms with E-state index in [-0.39, 0.29) is 5.82 Å². The van der Waals surface area contributed by atoms with E-state index < -0.39 is 17.2 Å². The number of nitrogens with two attached hydrogens (primary N) is 2. The summed E-state index contributed by atoms with van der Waals surface area (Å²) < 4.78 is 0. The highest BCUT2D eigenvalue weighted by atomic mass is 16.3. The molecule has 5 N–H and O–H groups in total. The van der Waals surface area contributed by atoms with E-state index in [4.69, 9.17) is 11.5 Å². The first-order valence-electron chi connectivity index (χ1n) is 14.4. The first-order valence-corrected chi connectivity index (χ1v) is 14.4. The fraction of sp³-hybridized carbons (Fsp3) is 0.0857. The van der Waals surface area contributed by atoms with Gasteiger partial charge in [0, 0.05) is 22.3 Å². The van der Waals surface area contributed by atoms with Crippen LogP contribution in [0.25, 0.3) is 0 Å². The van der Waals surface area contributed by atoms with Crippen molar-refractivity contribution in [2.75, 3.05) is 0 Å². The third-order valence-corrected chi connectivity index (χ3v) is 8.70. The molecule has 11 heteroatoms. The summed E-state index contributed by atoms with van der Waals surface area (Å²) in [5.41, 5.74) is 12.8. The highest BCUT2D eigenvalue weighted by Crippen LogP contribution is 2.47. The summed E-state index contributed by atoms with van der Waals surface area (Å²) >= 11 is 0. The van der Waals surface area contributed by atoms with E-state index in [1.54, 1.807) is 54.6 Å². The zero-order valence-electron chi connectivity index (χ0n) is 24.5. The molecule has 4 aliphatic rings. The summed E-state index contributed by atoms with van der Waals surface area (Å²) in [5.74, 6) is 1.20. The normalized spacial score (nSPS) is 17.4. The van der Waals surface area contributed by atoms with E-state index in [1.165, 1.54) is 0 Å². The zero-order chi connectivity index (χ0) is 32.0. The second-order valence-electron chi connectivity index (χ2n) is 11.3. The Morgan fingerprint density at radius 3 is 1.30 bits per heavy atom. The maximum atomic E-state index is 13.9. The van der Waals surface area contributed by atoms with Crippen molar-refractivity contribution in [1.82, 2.24) is 0 Å². The van der Waals surface area contributed by atoms with Crippen molar-refractivity contribution >= 4 is 0 Å². The van der Waals surface area contributed by atoms with E-state index in [0.29, 0.717) is 82.6 Å². The minimum absolute atomic E-state index is 0.281. The van der Waals surface area contributed by atoms with Crippen LogP contribution in [0, 0.1) is 0 Å². The molecule has 0 saturated carbocycles. The summed E-state index contributed by atoms with van der Waals surface area (Å²) in [5, 5.41) is 17.8. The predicted molar refractivity (Wildman–Crippen MR) is 167 cm³/mol. The van der Waals surface area contributed by atoms with E-state index >= 15 is 0 Å². The SMILES string of the molecule is C=C1N=c2cccc(C(N)C(O)(c3cccc4c3=NC(=C)N=4)C(N)(c3cccc4c3=NC(=C)N=4)c3cccc4c3=NC(=C)N=4)c2=N1. The largest absolute Gasteiger partial charge is 0.380 e. The molecule has 0 radical (unpaired) electrons. The van der Waals surface area contributed by atoms with Gasteiger partial charge in [-0.25, -0.2) is 39.9 Å². The zero-order valence-corrected chi connectivity index (χ0v) is 24.5. The van der Waals surface area contributed by atoms with Gasteiger partial charge in [-0.3, -0.25) is 0 Å². The summed E-state index contributed by atoms with van der Waals surface area (Å²) in [6.45, 7) is 15.8. The van der Waals surface area contributed by atoms with Crippen LogP contribution in [0.1, 0.15) is 28.3 Å². The third kappa shape index (κ3) is 3.70. The highest BCUT2D eigenvalue weighted by Gasteiger charge is 2.58. The number of aliphatic hydroxyl groups is 1. The van der Waals surface area contributed by atoms with Gasteiger partial charge in [0.2, 0.25) is 0 Å². The summed E-state index contributed by atoms with van der Waals surface area (Å²) in [6, 6.07) is 20.3. The molecular weight excluding hydrogens is 576 g/mol. The molecular formula is C35H26N10O. The van der Waals surface area contributed by atoms with Crippen molar-refractivity contribution in [2.45, 2.75) is 17.2 Å². The number of rotatable bonds is 6. The van der Waals surface area contributed by atoms with E-state index in [9.17, 15) is 5.11 Å². The molecule has 11 nitrogen and oxygen atoms in total. The van der Waals surface area contributed by atoms with Crippen LogP contribution in [0.15, 0.2) is 162 Å². The lowest BCUT2D eigenvalue weighted by Crippen LogP contribution is -2.67. The smallest absolute Gasteiger partial charge is 0.146 e. The summed E-state index contributed by atoms with van der Waals surface area (Å²) in [7, 11) is 0. The van der Waals surface area contributed by atoms with Gasteiger partial charge in [-0.15, -0.1) is 0 Å². The molecule has 0 bridgehead atoms. The molecule has 0 saturated heterocycles. The minimum Gasteiger partial charge on any atom is -0.380 e. The summed E-state index contributed by atoms with van der Waals surface area (Å²) in [6.07, 6.45) is 0. The molecule has 4 heterocycles. The topological polar surface area (TPSA) is 171 Å². The monoisotopic (exact) mass is 602 g/mol. The second kappa shape index (κ2) is 9.56. The third-order valence-electron chi connectivity index (χ3n) is 8.70. The van der Waals surface area contributed by atoms with Gasteiger partial charge in [0.05, 0.1) is 48.9 Å². The van der Waals surface area contributed by atoms with Crippen molar-refractivity contribution in [3.8, 4) is 0 Å². The minimum atomic E-state index is -2.21. The van der Waals surface area contributed by atoms with Crippen LogP contribution in [-0.4, -0.2) is 5.11 Å². The van der Waals surface area contributed by atoms with Gasteiger partial charge in [0.1, 0.15) is 34.4 Å². The first kappa shape index (κ1) is 27.7.